The summed E-state index contributed by atoms with van der Waals surface area (Å²) in [5, 5.41) is 9.99. The minimum absolute atomic E-state index is 0.0218. The maximum absolute atomic E-state index is 14.7. The first-order valence-electron chi connectivity index (χ1n) is 14.4. The van der Waals surface area contributed by atoms with Crippen LogP contribution in [-0.4, -0.2) is 87.0 Å². The molecule has 1 spiro atoms. The molecule has 41 heavy (non-hydrogen) atoms. The number of hydrogen-bond acceptors (Lipinski definition) is 5. The van der Waals surface area contributed by atoms with Crippen LogP contribution in [0.1, 0.15) is 47.5 Å². The zero-order valence-corrected chi connectivity index (χ0v) is 26.5. The highest BCUT2D eigenvalue weighted by Crippen LogP contribution is 2.60. The Hall–Kier alpha value is -2.49. The molecule has 3 unspecified atom stereocenters. The third kappa shape index (κ3) is 5.53. The maximum Gasteiger partial charge on any atom is 0.249 e. The lowest BCUT2D eigenvalue weighted by Crippen LogP contribution is -2.61. The number of rotatable bonds is 11. The molecular formula is C32H44BrN3O5. The summed E-state index contributed by atoms with van der Waals surface area (Å²) in [5.74, 6) is -2.45. The monoisotopic (exact) mass is 629 g/mol. The van der Waals surface area contributed by atoms with Crippen molar-refractivity contribution >= 4 is 39.3 Å². The summed E-state index contributed by atoms with van der Waals surface area (Å²) in [5.41, 5.74) is -1.12. The number of amides is 3. The second kappa shape index (κ2) is 11.7. The van der Waals surface area contributed by atoms with Crippen molar-refractivity contribution in [1.82, 2.24) is 9.80 Å². The second-order valence-electron chi connectivity index (χ2n) is 13.3. The number of likely N-dealkylation sites (tertiary alicyclic amines) is 1. The van der Waals surface area contributed by atoms with Crippen LogP contribution in [0.2, 0.25) is 0 Å². The fourth-order valence-corrected chi connectivity index (χ4v) is 8.53. The smallest absolute Gasteiger partial charge is 0.249 e. The molecule has 2 bridgehead atoms. The van der Waals surface area contributed by atoms with Crippen molar-refractivity contribution in [2.24, 2.45) is 17.3 Å². The predicted octanol–water partition coefficient (Wildman–Crippen LogP) is 4.18. The molecule has 224 valence electrons. The first-order chi connectivity index (χ1) is 19.2. The van der Waals surface area contributed by atoms with Gasteiger partial charge < -0.3 is 24.5 Å². The third-order valence-electron chi connectivity index (χ3n) is 8.57. The number of alkyl halides is 1. The minimum atomic E-state index is -1.20. The summed E-state index contributed by atoms with van der Waals surface area (Å²) in [6.07, 6.45) is 3.91. The van der Waals surface area contributed by atoms with Crippen LogP contribution in [0.25, 0.3) is 0 Å². The van der Waals surface area contributed by atoms with E-state index in [1.54, 1.807) is 22.0 Å². The summed E-state index contributed by atoms with van der Waals surface area (Å²) >= 11 is 3.75. The zero-order valence-electron chi connectivity index (χ0n) is 24.9. The molecule has 3 amide bonds. The van der Waals surface area contributed by atoms with Gasteiger partial charge in [0.15, 0.2) is 0 Å². The number of hydrogen-bond donors (Lipinski definition) is 1. The largest absolute Gasteiger partial charge is 0.395 e. The predicted molar refractivity (Wildman–Crippen MR) is 164 cm³/mol. The number of β-amino-alcohol motifs (C(OH)–C–C–N with tert-alkyl or cyclic N) is 1. The topological polar surface area (TPSA) is 90.4 Å². The second-order valence-corrected chi connectivity index (χ2v) is 14.5. The fraction of sp³-hybridized carbons (Fsp3) is 0.594. The van der Waals surface area contributed by atoms with Crippen LogP contribution in [0.15, 0.2) is 55.6 Å². The van der Waals surface area contributed by atoms with Crippen molar-refractivity contribution in [2.45, 2.75) is 75.6 Å². The van der Waals surface area contributed by atoms with Gasteiger partial charge in [-0.15, -0.1) is 13.2 Å². The number of carbonyl (C=O) groups is 3. The quantitative estimate of drug-likeness (QED) is 0.293. The number of nitrogens with zero attached hydrogens (tertiary/aromatic N) is 3. The van der Waals surface area contributed by atoms with Gasteiger partial charge in [-0.25, -0.2) is 0 Å². The van der Waals surface area contributed by atoms with E-state index in [0.717, 1.165) is 6.42 Å². The lowest BCUT2D eigenvalue weighted by molar-refractivity contribution is -0.153. The maximum atomic E-state index is 14.7. The Morgan fingerprint density at radius 3 is 2.32 bits per heavy atom. The first kappa shape index (κ1) is 31.4. The van der Waals surface area contributed by atoms with Crippen LogP contribution in [0, 0.1) is 17.3 Å². The van der Waals surface area contributed by atoms with Crippen molar-refractivity contribution < 1.29 is 24.2 Å². The summed E-state index contributed by atoms with van der Waals surface area (Å²) in [6.45, 7) is 18.4. The number of ether oxygens (including phenoxy) is 1. The van der Waals surface area contributed by atoms with Gasteiger partial charge in [0.2, 0.25) is 17.7 Å². The molecule has 4 rings (SSSR count). The van der Waals surface area contributed by atoms with Crippen LogP contribution < -0.4 is 4.90 Å². The average molecular weight is 631 g/mol. The Morgan fingerprint density at radius 1 is 1.12 bits per heavy atom. The normalized spacial score (nSPS) is 28.9. The number of para-hydroxylation sites is 1. The van der Waals surface area contributed by atoms with E-state index in [0.29, 0.717) is 18.7 Å². The Labute approximate surface area is 252 Å². The van der Waals surface area contributed by atoms with Gasteiger partial charge in [0.1, 0.15) is 11.6 Å². The van der Waals surface area contributed by atoms with E-state index in [9.17, 15) is 19.5 Å². The summed E-state index contributed by atoms with van der Waals surface area (Å²) < 4.78 is 6.68. The number of aliphatic hydroxyl groups excluding tert-OH is 1. The molecule has 1 N–H and O–H groups in total. The van der Waals surface area contributed by atoms with Gasteiger partial charge in [0.25, 0.3) is 0 Å². The number of carbonyl (C=O) groups excluding carboxylic acids is 3. The van der Waals surface area contributed by atoms with E-state index in [-0.39, 0.29) is 47.7 Å². The van der Waals surface area contributed by atoms with Gasteiger partial charge in [0.05, 0.1) is 24.5 Å². The average Bonchev–Trinajstić information content (AvgIpc) is 3.48. The molecule has 3 fully saturated rings. The Kier molecular flexibility index (Phi) is 8.94. The van der Waals surface area contributed by atoms with Crippen molar-refractivity contribution in [3.63, 3.8) is 0 Å². The molecule has 1 aromatic rings. The van der Waals surface area contributed by atoms with Gasteiger partial charge in [-0.2, -0.15) is 0 Å². The molecule has 3 saturated heterocycles. The molecule has 3 heterocycles. The molecule has 0 radical (unpaired) electrons. The van der Waals surface area contributed by atoms with Crippen LogP contribution in [0.4, 0.5) is 5.69 Å². The molecule has 6 atom stereocenters. The minimum Gasteiger partial charge on any atom is -0.395 e. The molecule has 0 aliphatic carbocycles. The Bertz CT molecular complexity index is 1180. The molecule has 3 aliphatic heterocycles. The van der Waals surface area contributed by atoms with E-state index >= 15 is 0 Å². The highest BCUT2D eigenvalue weighted by molar-refractivity contribution is 9.09. The highest BCUT2D eigenvalue weighted by Gasteiger charge is 2.77. The molecule has 0 aromatic heterocycles. The SMILES string of the molecule is C=CCN(C(=O)[C@H]1[C@@H]2OC3(CC2Br)C(C(=O)N(CC=C)C(C)(C)CC(C)(C)C)N(CCO)C(=O)[C@H]13)c1ccccc1. The van der Waals surface area contributed by atoms with Crippen LogP contribution in [0.5, 0.6) is 0 Å². The summed E-state index contributed by atoms with van der Waals surface area (Å²) in [7, 11) is 0. The third-order valence-corrected chi connectivity index (χ3v) is 9.41. The van der Waals surface area contributed by atoms with E-state index in [1.165, 1.54) is 4.90 Å². The Morgan fingerprint density at radius 2 is 1.76 bits per heavy atom. The van der Waals surface area contributed by atoms with Crippen molar-refractivity contribution in [3.05, 3.63) is 55.6 Å². The van der Waals surface area contributed by atoms with Crippen molar-refractivity contribution in [3.8, 4) is 0 Å². The van der Waals surface area contributed by atoms with E-state index < -0.39 is 35.1 Å². The summed E-state index contributed by atoms with van der Waals surface area (Å²) in [6, 6.07) is 8.32. The van der Waals surface area contributed by atoms with Crippen LogP contribution >= 0.6 is 15.9 Å². The number of benzene rings is 1. The van der Waals surface area contributed by atoms with E-state index in [1.807, 2.05) is 44.2 Å². The number of anilines is 1. The van der Waals surface area contributed by atoms with Gasteiger partial charge >= 0.3 is 0 Å². The van der Waals surface area contributed by atoms with E-state index in [4.69, 9.17) is 4.74 Å². The first-order valence-corrected chi connectivity index (χ1v) is 15.3. The zero-order chi connectivity index (χ0) is 30.3. The number of fused-ring (bicyclic) bond motifs is 1. The molecule has 9 heteroatoms. The van der Waals surface area contributed by atoms with Gasteiger partial charge in [-0.05, 0) is 44.2 Å². The van der Waals surface area contributed by atoms with Crippen LogP contribution in [-0.2, 0) is 19.1 Å². The highest BCUT2D eigenvalue weighted by atomic mass is 79.9. The lowest BCUT2D eigenvalue weighted by atomic mass is 9.70. The standard InChI is InChI=1S/C32H44BrN3O5/c1-8-15-34(21-13-11-10-12-14-21)27(38)23-24-28(39)35(17-18-37)26(32(24)19-22(33)25(23)41-32)29(40)36(16-9-2)31(6,7)20-30(3,4)5/h8-14,22-26,37H,1-2,15-20H2,3-7H3/t22?,23-,24+,25-,26?,32?/m1/s1. The number of halogens is 1. The van der Waals surface area contributed by atoms with E-state index in [2.05, 4.69) is 49.9 Å². The van der Waals surface area contributed by atoms with Crippen molar-refractivity contribution in [1.29, 1.82) is 0 Å². The molecule has 8 nitrogen and oxygen atoms in total. The van der Waals surface area contributed by atoms with Crippen LogP contribution in [0.3, 0.4) is 0 Å². The number of aliphatic hydroxyl groups is 1. The molecule has 3 aliphatic rings. The van der Waals surface area contributed by atoms with Gasteiger partial charge in [-0.1, -0.05) is 67.1 Å². The molecule has 0 saturated carbocycles. The lowest BCUT2D eigenvalue weighted by Gasteiger charge is -2.45. The van der Waals surface area contributed by atoms with Gasteiger partial charge in [0, 0.05) is 35.7 Å². The fourth-order valence-electron chi connectivity index (χ4n) is 7.58. The van der Waals surface area contributed by atoms with Crippen molar-refractivity contribution in [2.75, 3.05) is 31.1 Å². The molecule has 1 aromatic carbocycles. The molecular weight excluding hydrogens is 586 g/mol. The summed E-state index contributed by atoms with van der Waals surface area (Å²) in [4.78, 5) is 47.8. The van der Waals surface area contributed by atoms with Gasteiger partial charge in [-0.3, -0.25) is 14.4 Å². The Balaban J connectivity index is 1.79.